The van der Waals surface area contributed by atoms with E-state index < -0.39 is 0 Å². The van der Waals surface area contributed by atoms with Crippen molar-refractivity contribution in [3.05, 3.63) is 68.9 Å². The number of nitrogens with one attached hydrogen (secondary N) is 1. The van der Waals surface area contributed by atoms with E-state index in [4.69, 9.17) is 11.6 Å². The lowest BCUT2D eigenvalue weighted by molar-refractivity contribution is 0.528. The van der Waals surface area contributed by atoms with E-state index in [-0.39, 0.29) is 11.9 Å². The molecule has 2 aromatic carbocycles. The minimum absolute atomic E-state index is 0.0629. The molecule has 0 amide bonds. The molecule has 1 nitrogen and oxygen atoms in total. The largest absolute Gasteiger partial charge is 0.306 e. The maximum absolute atomic E-state index is 13.8. The van der Waals surface area contributed by atoms with Gasteiger partial charge in [0, 0.05) is 27.6 Å². The summed E-state index contributed by atoms with van der Waals surface area (Å²) in [5.74, 6) is -0.208. The first kappa shape index (κ1) is 14.5. The molecule has 2 rings (SSSR count). The van der Waals surface area contributed by atoms with Gasteiger partial charge in [0.2, 0.25) is 0 Å². The topological polar surface area (TPSA) is 12.0 Å². The van der Waals surface area contributed by atoms with Crippen molar-refractivity contribution in [1.82, 2.24) is 5.32 Å². The summed E-state index contributed by atoms with van der Waals surface area (Å²) in [7, 11) is 0. The summed E-state index contributed by atoms with van der Waals surface area (Å²) in [6, 6.07) is 12.7. The Morgan fingerprint density at radius 2 is 2.05 bits per heavy atom. The van der Waals surface area contributed by atoms with Gasteiger partial charge in [-0.05, 0) is 36.8 Å². The number of benzene rings is 2. The molecule has 4 heteroatoms. The minimum Gasteiger partial charge on any atom is -0.306 e. The predicted molar refractivity (Wildman–Crippen MR) is 80.8 cm³/mol. The predicted octanol–water partition coefficient (Wildman–Crippen LogP) is 5.09. The van der Waals surface area contributed by atoms with Crippen molar-refractivity contribution in [2.24, 2.45) is 0 Å². The summed E-state index contributed by atoms with van der Waals surface area (Å²) in [6.07, 6.45) is 0. The van der Waals surface area contributed by atoms with Crippen molar-refractivity contribution in [3.63, 3.8) is 0 Å². The van der Waals surface area contributed by atoms with Crippen molar-refractivity contribution >= 4 is 27.5 Å². The lowest BCUT2D eigenvalue weighted by Crippen LogP contribution is -2.19. The van der Waals surface area contributed by atoms with Gasteiger partial charge in [-0.3, -0.25) is 0 Å². The molecule has 0 aromatic heterocycles. The van der Waals surface area contributed by atoms with Crippen molar-refractivity contribution < 1.29 is 4.39 Å². The van der Waals surface area contributed by atoms with Crippen LogP contribution in [0.5, 0.6) is 0 Å². The van der Waals surface area contributed by atoms with Gasteiger partial charge in [0.25, 0.3) is 0 Å². The third-order valence-electron chi connectivity index (χ3n) is 2.93. The van der Waals surface area contributed by atoms with E-state index in [0.717, 1.165) is 10.0 Å². The molecule has 0 fully saturated rings. The van der Waals surface area contributed by atoms with Gasteiger partial charge in [0.05, 0.1) is 0 Å². The zero-order chi connectivity index (χ0) is 13.8. The molecule has 0 aliphatic rings. The van der Waals surface area contributed by atoms with Gasteiger partial charge in [-0.1, -0.05) is 45.7 Å². The quantitative estimate of drug-likeness (QED) is 0.816. The zero-order valence-corrected chi connectivity index (χ0v) is 12.8. The van der Waals surface area contributed by atoms with Gasteiger partial charge in [-0.15, -0.1) is 0 Å². The van der Waals surface area contributed by atoms with Crippen molar-refractivity contribution in [3.8, 4) is 0 Å². The Balaban J connectivity index is 2.03. The van der Waals surface area contributed by atoms with Crippen LogP contribution in [0.15, 0.2) is 46.9 Å². The average Bonchev–Trinajstić information content (AvgIpc) is 2.36. The van der Waals surface area contributed by atoms with Crippen LogP contribution in [-0.4, -0.2) is 0 Å². The number of halogens is 3. The summed E-state index contributed by atoms with van der Waals surface area (Å²) < 4.78 is 14.5. The maximum Gasteiger partial charge on any atom is 0.129 e. The molecule has 0 bridgehead atoms. The second-order valence-electron chi connectivity index (χ2n) is 4.40. The van der Waals surface area contributed by atoms with E-state index in [1.165, 1.54) is 6.07 Å². The van der Waals surface area contributed by atoms with E-state index in [9.17, 15) is 4.39 Å². The molecule has 0 spiro atoms. The summed E-state index contributed by atoms with van der Waals surface area (Å²) in [5.41, 5.74) is 1.74. The molecule has 0 saturated heterocycles. The summed E-state index contributed by atoms with van der Waals surface area (Å²) in [6.45, 7) is 2.59. The van der Waals surface area contributed by atoms with Crippen LogP contribution in [0.1, 0.15) is 24.1 Å². The fourth-order valence-electron chi connectivity index (χ4n) is 1.88. The summed E-state index contributed by atoms with van der Waals surface area (Å²) >= 11 is 9.18. The van der Waals surface area contributed by atoms with Crippen molar-refractivity contribution in [2.45, 2.75) is 19.5 Å². The van der Waals surface area contributed by atoms with Gasteiger partial charge in [-0.2, -0.15) is 0 Å². The van der Waals surface area contributed by atoms with Crippen LogP contribution in [0.4, 0.5) is 4.39 Å². The highest BCUT2D eigenvalue weighted by molar-refractivity contribution is 9.10. The zero-order valence-electron chi connectivity index (χ0n) is 10.5. The molecular formula is C15H14BrClFN. The molecule has 1 unspecified atom stereocenters. The Morgan fingerprint density at radius 3 is 2.74 bits per heavy atom. The van der Waals surface area contributed by atoms with Gasteiger partial charge >= 0.3 is 0 Å². The first-order chi connectivity index (χ1) is 9.06. The number of hydrogen-bond acceptors (Lipinski definition) is 1. The Labute approximate surface area is 125 Å². The molecule has 19 heavy (non-hydrogen) atoms. The number of rotatable bonds is 4. The third-order valence-corrected chi connectivity index (χ3v) is 3.66. The van der Waals surface area contributed by atoms with E-state index in [1.54, 1.807) is 6.07 Å². The normalized spacial score (nSPS) is 12.4. The van der Waals surface area contributed by atoms with E-state index in [1.807, 2.05) is 37.3 Å². The van der Waals surface area contributed by atoms with Crippen molar-refractivity contribution in [2.75, 3.05) is 0 Å². The second kappa shape index (κ2) is 6.51. The summed E-state index contributed by atoms with van der Waals surface area (Å²) in [5, 5.41) is 4.00. The minimum atomic E-state index is -0.208. The molecule has 0 radical (unpaired) electrons. The van der Waals surface area contributed by atoms with Crippen molar-refractivity contribution in [1.29, 1.82) is 0 Å². The van der Waals surface area contributed by atoms with Gasteiger partial charge in [-0.25, -0.2) is 4.39 Å². The van der Waals surface area contributed by atoms with Gasteiger partial charge in [0.1, 0.15) is 5.82 Å². The van der Waals surface area contributed by atoms with Crippen LogP contribution >= 0.6 is 27.5 Å². The van der Waals surface area contributed by atoms with Crippen LogP contribution in [0.3, 0.4) is 0 Å². The Bertz CT molecular complexity index is 574. The SMILES string of the molecule is CC(NCc1cccc(Cl)c1)c1ccc(Br)cc1F. The van der Waals surface area contributed by atoms with Crippen LogP contribution < -0.4 is 5.32 Å². The summed E-state index contributed by atoms with van der Waals surface area (Å²) in [4.78, 5) is 0. The van der Waals surface area contributed by atoms with Crippen LogP contribution in [-0.2, 0) is 6.54 Å². The maximum atomic E-state index is 13.8. The highest BCUT2D eigenvalue weighted by Crippen LogP contribution is 2.21. The average molecular weight is 343 g/mol. The van der Waals surface area contributed by atoms with Crippen LogP contribution in [0, 0.1) is 5.82 Å². The smallest absolute Gasteiger partial charge is 0.129 e. The van der Waals surface area contributed by atoms with Gasteiger partial charge < -0.3 is 5.32 Å². The standard InChI is InChI=1S/C15H14BrClFN/c1-10(14-6-5-12(16)8-15(14)18)19-9-11-3-2-4-13(17)7-11/h2-8,10,19H,9H2,1H3. The molecule has 0 aliphatic heterocycles. The van der Waals surface area contributed by atoms with E-state index in [0.29, 0.717) is 17.1 Å². The van der Waals surface area contributed by atoms with Crippen LogP contribution in [0.2, 0.25) is 5.02 Å². The second-order valence-corrected chi connectivity index (χ2v) is 5.75. The van der Waals surface area contributed by atoms with E-state index >= 15 is 0 Å². The third kappa shape index (κ3) is 4.03. The Morgan fingerprint density at radius 1 is 1.26 bits per heavy atom. The molecule has 0 heterocycles. The number of hydrogen-bond donors (Lipinski definition) is 1. The first-order valence-corrected chi connectivity index (χ1v) is 7.16. The lowest BCUT2D eigenvalue weighted by atomic mass is 10.1. The highest BCUT2D eigenvalue weighted by atomic mass is 79.9. The lowest BCUT2D eigenvalue weighted by Gasteiger charge is -2.15. The fourth-order valence-corrected chi connectivity index (χ4v) is 2.43. The Hall–Kier alpha value is -0.900. The highest BCUT2D eigenvalue weighted by Gasteiger charge is 2.10. The molecule has 1 atom stereocenters. The van der Waals surface area contributed by atoms with E-state index in [2.05, 4.69) is 21.2 Å². The molecule has 0 saturated carbocycles. The fraction of sp³-hybridized carbons (Fsp3) is 0.200. The molecular weight excluding hydrogens is 329 g/mol. The molecule has 1 N–H and O–H groups in total. The molecule has 0 aliphatic carbocycles. The Kier molecular flexibility index (Phi) is 4.97. The van der Waals surface area contributed by atoms with Gasteiger partial charge in [0.15, 0.2) is 0 Å². The monoisotopic (exact) mass is 341 g/mol. The first-order valence-electron chi connectivity index (χ1n) is 5.99. The molecule has 2 aromatic rings. The van der Waals surface area contributed by atoms with Crippen LogP contribution in [0.25, 0.3) is 0 Å². The molecule has 100 valence electrons.